The van der Waals surface area contributed by atoms with E-state index in [-0.39, 0.29) is 5.41 Å². The molecule has 2 heterocycles. The second kappa shape index (κ2) is 4.27. The first-order valence-electron chi connectivity index (χ1n) is 6.83. The number of para-hydroxylation sites is 1. The Labute approximate surface area is 109 Å². The molecule has 1 saturated heterocycles. The number of benzene rings is 1. The highest BCUT2D eigenvalue weighted by Crippen LogP contribution is 2.42. The van der Waals surface area contributed by atoms with Gasteiger partial charge in [-0.15, -0.1) is 6.58 Å². The summed E-state index contributed by atoms with van der Waals surface area (Å²) in [4.78, 5) is 7.32. The lowest BCUT2D eigenvalue weighted by atomic mass is 9.81. The summed E-state index contributed by atoms with van der Waals surface area (Å²) in [5.74, 6) is 1.19. The van der Waals surface area contributed by atoms with Crippen molar-refractivity contribution in [3.8, 4) is 0 Å². The third-order valence-electron chi connectivity index (χ3n) is 4.22. The smallest absolute Gasteiger partial charge is 0.119 e. The van der Waals surface area contributed by atoms with E-state index in [1.165, 1.54) is 30.7 Å². The molecule has 0 saturated carbocycles. The zero-order chi connectivity index (χ0) is 12.6. The third kappa shape index (κ3) is 1.59. The van der Waals surface area contributed by atoms with E-state index in [0.29, 0.717) is 0 Å². The minimum absolute atomic E-state index is 0.117. The molecule has 18 heavy (non-hydrogen) atoms. The van der Waals surface area contributed by atoms with Gasteiger partial charge in [0.2, 0.25) is 0 Å². The molecule has 1 fully saturated rings. The van der Waals surface area contributed by atoms with Crippen molar-refractivity contribution in [2.75, 3.05) is 13.1 Å². The number of fused-ring (bicyclic) bond motifs is 1. The Kier molecular flexibility index (Phi) is 2.73. The minimum atomic E-state index is -0.117. The molecule has 0 aliphatic carbocycles. The number of amidine groups is 1. The highest BCUT2D eigenvalue weighted by Gasteiger charge is 2.39. The van der Waals surface area contributed by atoms with Gasteiger partial charge in [-0.1, -0.05) is 24.3 Å². The van der Waals surface area contributed by atoms with Crippen LogP contribution >= 0.6 is 0 Å². The number of rotatable bonds is 1. The fourth-order valence-electron chi connectivity index (χ4n) is 3.07. The zero-order valence-corrected chi connectivity index (χ0v) is 11.0. The Bertz CT molecular complexity index is 498. The molecule has 0 radical (unpaired) electrons. The monoisotopic (exact) mass is 240 g/mol. The lowest BCUT2D eigenvalue weighted by molar-refractivity contribution is 0.329. The second-order valence-corrected chi connectivity index (χ2v) is 5.41. The van der Waals surface area contributed by atoms with Crippen LogP contribution in [0.1, 0.15) is 31.7 Å². The Morgan fingerprint density at radius 3 is 2.67 bits per heavy atom. The summed E-state index contributed by atoms with van der Waals surface area (Å²) in [6.07, 6.45) is 5.96. The molecule has 0 N–H and O–H groups in total. The van der Waals surface area contributed by atoms with Crippen molar-refractivity contribution >= 4 is 11.5 Å². The summed E-state index contributed by atoms with van der Waals surface area (Å²) in [5, 5.41) is 0. The summed E-state index contributed by atoms with van der Waals surface area (Å²) in [6, 6.07) is 8.44. The van der Waals surface area contributed by atoms with Crippen LogP contribution in [0.25, 0.3) is 0 Å². The van der Waals surface area contributed by atoms with Crippen molar-refractivity contribution in [3.05, 3.63) is 42.5 Å². The van der Waals surface area contributed by atoms with Gasteiger partial charge in [0, 0.05) is 13.1 Å². The van der Waals surface area contributed by atoms with Gasteiger partial charge in [-0.25, -0.2) is 4.99 Å². The van der Waals surface area contributed by atoms with E-state index in [9.17, 15) is 0 Å². The molecule has 3 rings (SSSR count). The van der Waals surface area contributed by atoms with Gasteiger partial charge in [-0.2, -0.15) is 0 Å². The first-order valence-corrected chi connectivity index (χ1v) is 6.83. The molecular weight excluding hydrogens is 220 g/mol. The van der Waals surface area contributed by atoms with Gasteiger partial charge in [0.05, 0.1) is 11.1 Å². The van der Waals surface area contributed by atoms with Gasteiger partial charge in [0.25, 0.3) is 0 Å². The summed E-state index contributed by atoms with van der Waals surface area (Å²) in [6.45, 7) is 8.56. The number of piperidine rings is 1. The van der Waals surface area contributed by atoms with Gasteiger partial charge >= 0.3 is 0 Å². The van der Waals surface area contributed by atoms with E-state index in [0.717, 1.165) is 18.8 Å². The molecule has 0 aromatic heterocycles. The average molecular weight is 240 g/mol. The first kappa shape index (κ1) is 11.5. The number of aliphatic imine (C=N–C) groups is 1. The van der Waals surface area contributed by atoms with Gasteiger partial charge in [-0.3, -0.25) is 0 Å². The fraction of sp³-hybridized carbons (Fsp3) is 0.438. The zero-order valence-electron chi connectivity index (χ0n) is 11.0. The van der Waals surface area contributed by atoms with Crippen molar-refractivity contribution < 1.29 is 0 Å². The number of hydrogen-bond acceptors (Lipinski definition) is 2. The van der Waals surface area contributed by atoms with Crippen LogP contribution in [0.2, 0.25) is 0 Å². The largest absolute Gasteiger partial charge is 0.359 e. The van der Waals surface area contributed by atoms with E-state index >= 15 is 0 Å². The van der Waals surface area contributed by atoms with Crippen LogP contribution in [-0.2, 0) is 5.41 Å². The maximum Gasteiger partial charge on any atom is 0.119 e. The SMILES string of the molecule is C=CC1(C)C(N2CCCCC2)=Nc2ccccc21. The Balaban J connectivity index is 2.03. The Morgan fingerprint density at radius 1 is 1.22 bits per heavy atom. The number of likely N-dealkylation sites (tertiary alicyclic amines) is 1. The quantitative estimate of drug-likeness (QED) is 0.684. The Hall–Kier alpha value is -1.57. The molecule has 2 aliphatic rings. The molecule has 2 nitrogen and oxygen atoms in total. The molecule has 0 spiro atoms. The Morgan fingerprint density at radius 2 is 1.94 bits per heavy atom. The fourth-order valence-corrected chi connectivity index (χ4v) is 3.07. The van der Waals surface area contributed by atoms with Gasteiger partial charge in [0.1, 0.15) is 5.84 Å². The van der Waals surface area contributed by atoms with Gasteiger partial charge < -0.3 is 4.90 Å². The molecule has 94 valence electrons. The minimum Gasteiger partial charge on any atom is -0.359 e. The average Bonchev–Trinajstić information content (AvgIpc) is 2.74. The van der Waals surface area contributed by atoms with E-state index in [4.69, 9.17) is 4.99 Å². The van der Waals surface area contributed by atoms with Gasteiger partial charge in [-0.05, 0) is 37.8 Å². The van der Waals surface area contributed by atoms with Crippen molar-refractivity contribution in [2.45, 2.75) is 31.6 Å². The second-order valence-electron chi connectivity index (χ2n) is 5.41. The van der Waals surface area contributed by atoms with Crippen molar-refractivity contribution in [1.82, 2.24) is 4.90 Å². The maximum atomic E-state index is 4.87. The summed E-state index contributed by atoms with van der Waals surface area (Å²) in [5.41, 5.74) is 2.29. The molecule has 0 amide bonds. The van der Waals surface area contributed by atoms with Crippen molar-refractivity contribution in [2.24, 2.45) is 4.99 Å². The summed E-state index contributed by atoms with van der Waals surface area (Å²) >= 11 is 0. The lowest BCUT2D eigenvalue weighted by Crippen LogP contribution is -2.44. The third-order valence-corrected chi connectivity index (χ3v) is 4.22. The normalized spacial score (nSPS) is 26.7. The highest BCUT2D eigenvalue weighted by molar-refractivity contribution is 6.01. The first-order chi connectivity index (χ1) is 8.75. The van der Waals surface area contributed by atoms with Crippen LogP contribution in [0.5, 0.6) is 0 Å². The van der Waals surface area contributed by atoms with Crippen LogP contribution in [0.4, 0.5) is 5.69 Å². The van der Waals surface area contributed by atoms with E-state index in [1.54, 1.807) is 0 Å². The molecular formula is C16H20N2. The maximum absolute atomic E-state index is 4.87. The van der Waals surface area contributed by atoms with Crippen LogP contribution in [0.3, 0.4) is 0 Å². The molecule has 1 aromatic carbocycles. The van der Waals surface area contributed by atoms with Crippen molar-refractivity contribution in [3.63, 3.8) is 0 Å². The van der Waals surface area contributed by atoms with E-state index < -0.39 is 0 Å². The van der Waals surface area contributed by atoms with E-state index in [1.807, 2.05) is 6.08 Å². The van der Waals surface area contributed by atoms with Gasteiger partial charge in [0.15, 0.2) is 0 Å². The standard InChI is InChI=1S/C16H20N2/c1-3-16(2)13-9-5-6-10-14(13)17-15(16)18-11-7-4-8-12-18/h3,5-6,9-10H,1,4,7-8,11-12H2,2H3. The van der Waals surface area contributed by atoms with Crippen LogP contribution in [0.15, 0.2) is 41.9 Å². The predicted molar refractivity (Wildman–Crippen MR) is 76.5 cm³/mol. The molecule has 0 bridgehead atoms. The number of nitrogens with zero attached hydrogens (tertiary/aromatic N) is 2. The summed E-state index contributed by atoms with van der Waals surface area (Å²) < 4.78 is 0. The van der Waals surface area contributed by atoms with Crippen molar-refractivity contribution in [1.29, 1.82) is 0 Å². The van der Waals surface area contributed by atoms with Crippen LogP contribution in [0, 0.1) is 0 Å². The predicted octanol–water partition coefficient (Wildman–Crippen LogP) is 3.66. The van der Waals surface area contributed by atoms with Crippen LogP contribution in [-0.4, -0.2) is 23.8 Å². The number of hydrogen-bond donors (Lipinski definition) is 0. The highest BCUT2D eigenvalue weighted by atomic mass is 15.2. The summed E-state index contributed by atoms with van der Waals surface area (Å²) in [7, 11) is 0. The molecule has 2 aliphatic heterocycles. The van der Waals surface area contributed by atoms with Crippen LogP contribution < -0.4 is 0 Å². The lowest BCUT2D eigenvalue weighted by Gasteiger charge is -2.35. The molecule has 1 aromatic rings. The molecule has 1 unspecified atom stereocenters. The molecule has 1 atom stereocenters. The molecule has 2 heteroatoms. The van der Waals surface area contributed by atoms with E-state index in [2.05, 4.69) is 42.7 Å². The topological polar surface area (TPSA) is 15.6 Å².